The normalized spacial score (nSPS) is 12.9. The van der Waals surface area contributed by atoms with Crippen LogP contribution in [0.5, 0.6) is 0 Å². The molecule has 0 atom stereocenters. The zero-order valence-electron chi connectivity index (χ0n) is 21.9. The van der Waals surface area contributed by atoms with Gasteiger partial charge in [0.15, 0.2) is 6.20 Å². The predicted octanol–water partition coefficient (Wildman–Crippen LogP) is 8.63. The highest BCUT2D eigenvalue weighted by molar-refractivity contribution is 8.00. The highest BCUT2D eigenvalue weighted by atomic mass is 32.2. The minimum Gasteiger partial charge on any atom is -0.200 e. The molecule has 1 aliphatic heterocycles. The summed E-state index contributed by atoms with van der Waals surface area (Å²) >= 11 is 1.94. The number of nitriles is 1. The van der Waals surface area contributed by atoms with Crippen molar-refractivity contribution in [3.05, 3.63) is 77.5 Å². The van der Waals surface area contributed by atoms with Gasteiger partial charge in [-0.25, -0.2) is 4.57 Å². The molecule has 2 nitrogen and oxygen atoms in total. The first-order chi connectivity index (χ1) is 17.2. The second-order valence-electron chi connectivity index (χ2n) is 11.2. The Morgan fingerprint density at radius 1 is 0.944 bits per heavy atom. The first kappa shape index (κ1) is 23.1. The molecule has 0 amide bonds. The second-order valence-corrected chi connectivity index (χ2v) is 12.2. The Hall–Kier alpha value is -3.35. The minimum absolute atomic E-state index is 0.407. The Balaban J connectivity index is 1.77. The molecule has 0 spiro atoms. The van der Waals surface area contributed by atoms with Crippen molar-refractivity contribution < 1.29 is 4.57 Å². The van der Waals surface area contributed by atoms with Gasteiger partial charge in [-0.2, -0.15) is 5.26 Å². The third kappa shape index (κ3) is 3.28. The smallest absolute Gasteiger partial charge is 0.200 e. The maximum absolute atomic E-state index is 9.72. The zero-order valence-corrected chi connectivity index (χ0v) is 22.7. The topological polar surface area (TPSA) is 27.7 Å². The van der Waals surface area contributed by atoms with Crippen LogP contribution in [0.3, 0.4) is 0 Å². The van der Waals surface area contributed by atoms with Crippen molar-refractivity contribution in [2.45, 2.75) is 56.7 Å². The number of hydrogen-bond donors (Lipinski definition) is 0. The molecular weight excluding hydrogens is 456 g/mol. The molecule has 0 saturated carbocycles. The zero-order chi connectivity index (χ0) is 25.4. The minimum atomic E-state index is -0.407. The van der Waals surface area contributed by atoms with Crippen LogP contribution >= 0.6 is 11.8 Å². The second kappa shape index (κ2) is 8.08. The standard InChI is InChI=1S/C33H31N2S/c1-19(2)28-24-12-8-7-11-22(24)20(3)29-31-30-25(14-15-35(31)6)23-13-9-10-21(17-33(4,5)18-34)26(23)16-27(30)36-32(28)29/h7-16,19H,17H2,1-6H3/q+1. The molecule has 6 rings (SSSR count). The molecule has 178 valence electrons. The van der Waals surface area contributed by atoms with Crippen LogP contribution in [-0.4, -0.2) is 0 Å². The molecule has 0 radical (unpaired) electrons. The SMILES string of the molecule is Cc1c2c(c(C(C)C)c3ccccc13)Sc1cc3c(CC(C)(C)C#N)cccc3c3cc[n+](C)c-2c13. The molecule has 1 aromatic heterocycles. The largest absolute Gasteiger partial charge is 0.222 e. The van der Waals surface area contributed by atoms with E-state index >= 15 is 0 Å². The molecule has 2 heterocycles. The van der Waals surface area contributed by atoms with Gasteiger partial charge in [-0.05, 0) is 77.4 Å². The van der Waals surface area contributed by atoms with Crippen molar-refractivity contribution in [1.29, 1.82) is 5.26 Å². The molecule has 36 heavy (non-hydrogen) atoms. The lowest BCUT2D eigenvalue weighted by Gasteiger charge is -2.27. The van der Waals surface area contributed by atoms with Crippen LogP contribution in [0.1, 0.15) is 50.3 Å². The van der Waals surface area contributed by atoms with Crippen LogP contribution in [0.4, 0.5) is 0 Å². The summed E-state index contributed by atoms with van der Waals surface area (Å²) < 4.78 is 2.31. The number of hydrogen-bond acceptors (Lipinski definition) is 2. The van der Waals surface area contributed by atoms with Crippen molar-refractivity contribution in [1.82, 2.24) is 0 Å². The molecule has 0 saturated heterocycles. The fourth-order valence-corrected chi connectivity index (χ4v) is 7.59. The van der Waals surface area contributed by atoms with Gasteiger partial charge in [0.05, 0.1) is 22.4 Å². The van der Waals surface area contributed by atoms with Gasteiger partial charge in [-0.1, -0.05) is 68.1 Å². The van der Waals surface area contributed by atoms with Crippen molar-refractivity contribution in [3.8, 4) is 17.3 Å². The van der Waals surface area contributed by atoms with Crippen molar-refractivity contribution in [3.63, 3.8) is 0 Å². The summed E-state index contributed by atoms with van der Waals surface area (Å²) in [6.07, 6.45) is 2.96. The quantitative estimate of drug-likeness (QED) is 0.185. The Morgan fingerprint density at radius 2 is 1.67 bits per heavy atom. The lowest BCUT2D eigenvalue weighted by molar-refractivity contribution is -0.659. The van der Waals surface area contributed by atoms with E-state index in [2.05, 4.69) is 99.2 Å². The van der Waals surface area contributed by atoms with Crippen LogP contribution in [0.25, 0.3) is 43.6 Å². The maximum Gasteiger partial charge on any atom is 0.222 e. The van der Waals surface area contributed by atoms with Gasteiger partial charge in [-0.15, -0.1) is 0 Å². The van der Waals surface area contributed by atoms with Gasteiger partial charge in [0.1, 0.15) is 7.05 Å². The number of benzene rings is 4. The van der Waals surface area contributed by atoms with Gasteiger partial charge in [0, 0.05) is 21.2 Å². The van der Waals surface area contributed by atoms with Gasteiger partial charge in [0.2, 0.25) is 5.69 Å². The fraction of sp³-hybridized carbons (Fsp3) is 0.273. The highest BCUT2D eigenvalue weighted by Gasteiger charge is 2.33. The Morgan fingerprint density at radius 3 is 2.39 bits per heavy atom. The third-order valence-electron chi connectivity index (χ3n) is 7.76. The lowest BCUT2D eigenvalue weighted by Crippen LogP contribution is -2.32. The van der Waals surface area contributed by atoms with E-state index in [0.29, 0.717) is 5.92 Å². The summed E-state index contributed by atoms with van der Waals surface area (Å²) in [7, 11) is 2.18. The molecule has 1 aliphatic rings. The maximum atomic E-state index is 9.72. The van der Waals surface area contributed by atoms with Crippen molar-refractivity contribution >= 4 is 44.1 Å². The number of rotatable bonds is 3. The third-order valence-corrected chi connectivity index (χ3v) is 8.93. The number of aromatic nitrogens is 1. The Labute approximate surface area is 217 Å². The van der Waals surface area contributed by atoms with E-state index < -0.39 is 5.41 Å². The van der Waals surface area contributed by atoms with Crippen LogP contribution < -0.4 is 4.57 Å². The first-order valence-electron chi connectivity index (χ1n) is 12.7. The summed E-state index contributed by atoms with van der Waals surface area (Å²) in [6, 6.07) is 22.7. The van der Waals surface area contributed by atoms with E-state index in [4.69, 9.17) is 0 Å². The van der Waals surface area contributed by atoms with Crippen LogP contribution in [0, 0.1) is 23.7 Å². The summed E-state index contributed by atoms with van der Waals surface area (Å²) in [6.45, 7) is 11.0. The molecular formula is C33H31N2S+. The van der Waals surface area contributed by atoms with Crippen LogP contribution in [-0.2, 0) is 13.5 Å². The van der Waals surface area contributed by atoms with Gasteiger partial charge in [-0.3, -0.25) is 0 Å². The van der Waals surface area contributed by atoms with Crippen LogP contribution in [0.2, 0.25) is 0 Å². The van der Waals surface area contributed by atoms with Crippen LogP contribution in [0.15, 0.2) is 70.6 Å². The molecule has 3 heteroatoms. The highest BCUT2D eigenvalue weighted by Crippen LogP contribution is 2.54. The number of aryl methyl sites for hydroxylation is 2. The van der Waals surface area contributed by atoms with Gasteiger partial charge in [0.25, 0.3) is 0 Å². The van der Waals surface area contributed by atoms with E-state index in [-0.39, 0.29) is 0 Å². The molecule has 4 aromatic carbocycles. The van der Waals surface area contributed by atoms with Gasteiger partial charge < -0.3 is 0 Å². The van der Waals surface area contributed by atoms with Gasteiger partial charge >= 0.3 is 0 Å². The average Bonchev–Trinajstić information content (AvgIpc) is 2.85. The number of pyridine rings is 1. The van der Waals surface area contributed by atoms with E-state index in [1.165, 1.54) is 70.1 Å². The molecule has 0 unspecified atom stereocenters. The molecule has 0 N–H and O–H groups in total. The Kier molecular flexibility index (Phi) is 5.18. The molecule has 0 fully saturated rings. The van der Waals surface area contributed by atoms with E-state index in [0.717, 1.165) is 6.42 Å². The van der Waals surface area contributed by atoms with E-state index in [1.807, 2.05) is 25.6 Å². The lowest BCUT2D eigenvalue weighted by atomic mass is 9.84. The fourth-order valence-electron chi connectivity index (χ4n) is 6.08. The average molecular weight is 488 g/mol. The molecule has 0 aliphatic carbocycles. The predicted molar refractivity (Wildman–Crippen MR) is 152 cm³/mol. The monoisotopic (exact) mass is 487 g/mol. The number of nitrogens with zero attached hydrogens (tertiary/aromatic N) is 2. The van der Waals surface area contributed by atoms with E-state index in [1.54, 1.807) is 0 Å². The van der Waals surface area contributed by atoms with E-state index in [9.17, 15) is 5.26 Å². The first-order valence-corrected chi connectivity index (χ1v) is 13.5. The van der Waals surface area contributed by atoms with Crippen molar-refractivity contribution in [2.24, 2.45) is 12.5 Å². The van der Waals surface area contributed by atoms with Crippen molar-refractivity contribution in [2.75, 3.05) is 0 Å². The molecule has 5 aromatic rings. The number of fused-ring (bicyclic) bond motifs is 5. The Bertz CT molecular complexity index is 1770. The molecule has 0 bridgehead atoms. The summed E-state index contributed by atoms with van der Waals surface area (Å²) in [5.41, 5.74) is 6.33. The summed E-state index contributed by atoms with van der Waals surface area (Å²) in [4.78, 5) is 2.71. The summed E-state index contributed by atoms with van der Waals surface area (Å²) in [5, 5.41) is 17.6. The summed E-state index contributed by atoms with van der Waals surface area (Å²) in [5.74, 6) is 0.412.